The molecule has 0 saturated carbocycles. The number of esters is 6. The summed E-state index contributed by atoms with van der Waals surface area (Å²) in [6.45, 7) is 4.84. The molecule has 9 atom stereocenters. The number of rotatable bonds is 21. The van der Waals surface area contributed by atoms with Crippen molar-refractivity contribution in [2.24, 2.45) is 0 Å². The summed E-state index contributed by atoms with van der Waals surface area (Å²) >= 11 is 0. The molecule has 6 aromatic carbocycles. The van der Waals surface area contributed by atoms with Crippen molar-refractivity contribution in [3.8, 4) is 0 Å². The summed E-state index contributed by atoms with van der Waals surface area (Å²) in [5.41, 5.74) is 2.95. The molecule has 2 aliphatic rings. The van der Waals surface area contributed by atoms with Gasteiger partial charge < -0.3 is 47.4 Å². The molecular weight excluding hydrogens is 1010 g/mol. The van der Waals surface area contributed by atoms with Crippen molar-refractivity contribution in [1.82, 2.24) is 0 Å². The standard InChI is InChI=1S/C63H60O16/c1-41(2)23-22-24-42(3)37-38-70-63-55(79-61(69)48-35-20-9-21-36-48)53(77-59(67)46-31-16-7-17-32-46)51(75-57(65)44-27-12-5-13-28-44)50(74-63)40-72-62-54(78-60(68)47-33-18-8-19-34-47)52(76-58(66)45-29-14-6-15-30-45)49(39-71-62)73-56(64)43-25-10-4-11-26-43/h4-21,23,25-37,49-55,62-63H,22,24,38-40H2,1-3H3/b42-37+/t49-,50-,51-,52+,53+,54-,55-,62+,63-/m1/s1. The van der Waals surface area contributed by atoms with Gasteiger partial charge in [-0.15, -0.1) is 0 Å². The molecule has 79 heavy (non-hydrogen) atoms. The minimum absolute atomic E-state index is 0.0765. The number of carbonyl (C=O) groups excluding carboxylic acids is 6. The molecule has 408 valence electrons. The Balaban J connectivity index is 1.19. The van der Waals surface area contributed by atoms with Crippen LogP contribution in [0.4, 0.5) is 0 Å². The molecule has 0 radical (unpaired) electrons. The molecule has 6 aromatic rings. The molecule has 16 heteroatoms. The van der Waals surface area contributed by atoms with E-state index >= 15 is 0 Å². The third-order valence-electron chi connectivity index (χ3n) is 12.7. The van der Waals surface area contributed by atoms with E-state index in [1.165, 1.54) is 66.2 Å². The summed E-state index contributed by atoms with van der Waals surface area (Å²) in [4.78, 5) is 84.5. The minimum atomic E-state index is -1.67. The molecule has 0 aliphatic carbocycles. The van der Waals surface area contributed by atoms with Gasteiger partial charge in [0.2, 0.25) is 0 Å². The summed E-state index contributed by atoms with van der Waals surface area (Å²) in [5.74, 6) is -5.10. The maximum absolute atomic E-state index is 14.3. The third kappa shape index (κ3) is 15.8. The van der Waals surface area contributed by atoms with E-state index in [4.69, 9.17) is 47.4 Å². The predicted molar refractivity (Wildman–Crippen MR) is 287 cm³/mol. The van der Waals surface area contributed by atoms with Crippen LogP contribution in [0.3, 0.4) is 0 Å². The van der Waals surface area contributed by atoms with Gasteiger partial charge in [-0.25, -0.2) is 28.8 Å². The molecule has 0 bridgehead atoms. The highest BCUT2D eigenvalue weighted by molar-refractivity contribution is 5.92. The van der Waals surface area contributed by atoms with Gasteiger partial charge in [0.05, 0.1) is 53.2 Å². The van der Waals surface area contributed by atoms with E-state index in [1.807, 2.05) is 26.8 Å². The van der Waals surface area contributed by atoms with Gasteiger partial charge in [-0.05, 0) is 106 Å². The lowest BCUT2D eigenvalue weighted by Crippen LogP contribution is -2.64. The van der Waals surface area contributed by atoms with Gasteiger partial charge in [-0.1, -0.05) is 132 Å². The maximum Gasteiger partial charge on any atom is 0.338 e. The molecular formula is C63H60O16. The Morgan fingerprint density at radius 1 is 0.418 bits per heavy atom. The number of hydrogen-bond donors (Lipinski definition) is 0. The second kappa shape index (κ2) is 28.2. The van der Waals surface area contributed by atoms with Crippen molar-refractivity contribution < 1.29 is 76.1 Å². The number of benzene rings is 6. The van der Waals surface area contributed by atoms with Crippen molar-refractivity contribution in [3.05, 3.63) is 239 Å². The maximum atomic E-state index is 14.3. The van der Waals surface area contributed by atoms with E-state index in [0.29, 0.717) is 6.42 Å². The zero-order valence-corrected chi connectivity index (χ0v) is 43.7. The summed E-state index contributed by atoms with van der Waals surface area (Å²) in [5, 5.41) is 0. The molecule has 0 unspecified atom stereocenters. The Bertz CT molecular complexity index is 3020. The highest BCUT2D eigenvalue weighted by atomic mass is 16.8. The van der Waals surface area contributed by atoms with Crippen molar-refractivity contribution in [2.75, 3.05) is 19.8 Å². The summed E-state index contributed by atoms with van der Waals surface area (Å²) in [7, 11) is 0. The fraction of sp³-hybridized carbons (Fsp3) is 0.270. The molecule has 2 saturated heterocycles. The van der Waals surface area contributed by atoms with Crippen LogP contribution in [0.1, 0.15) is 95.8 Å². The molecule has 0 aromatic heterocycles. The largest absolute Gasteiger partial charge is 0.452 e. The zero-order valence-electron chi connectivity index (χ0n) is 43.7. The van der Waals surface area contributed by atoms with E-state index in [-0.39, 0.29) is 40.0 Å². The van der Waals surface area contributed by atoms with E-state index in [9.17, 15) is 28.8 Å². The quantitative estimate of drug-likeness (QED) is 0.0375. The molecule has 2 fully saturated rings. The molecule has 16 nitrogen and oxygen atoms in total. The Morgan fingerprint density at radius 2 is 0.772 bits per heavy atom. The summed E-state index contributed by atoms with van der Waals surface area (Å²) in [6, 6.07) is 48.3. The first-order chi connectivity index (χ1) is 38.4. The van der Waals surface area contributed by atoms with Crippen LogP contribution in [0.15, 0.2) is 205 Å². The number of allylic oxidation sites excluding steroid dienone is 3. The number of ether oxygens (including phenoxy) is 10. The Labute approximate surface area is 457 Å². The first-order valence-electron chi connectivity index (χ1n) is 25.8. The van der Waals surface area contributed by atoms with E-state index in [1.54, 1.807) is 121 Å². The van der Waals surface area contributed by atoms with Crippen LogP contribution in [0.2, 0.25) is 0 Å². The molecule has 2 heterocycles. The number of carbonyl (C=O) groups is 6. The smallest absolute Gasteiger partial charge is 0.338 e. The Morgan fingerprint density at radius 3 is 1.18 bits per heavy atom. The predicted octanol–water partition coefficient (Wildman–Crippen LogP) is 10.1. The average molecular weight is 1070 g/mol. The SMILES string of the molecule is CC(C)=CCC/C(C)=C/CO[C@@H]1O[C@H](CO[C@@H]2OC[C@@H](OC(=O)c3ccccc3)[C@H](OC(=O)c3ccccc3)[C@H]2OC(=O)c2ccccc2)[C@@H](OC(=O)c2ccccc2)[C@H](OC(=O)c2ccccc2)[C@H]1OC(=O)c1ccccc1. The normalized spacial score (nSPS) is 21.8. The third-order valence-corrected chi connectivity index (χ3v) is 12.7. The lowest BCUT2D eigenvalue weighted by atomic mass is 9.97. The lowest BCUT2D eigenvalue weighted by Gasteiger charge is -2.45. The van der Waals surface area contributed by atoms with Crippen molar-refractivity contribution >= 4 is 35.8 Å². The first-order valence-corrected chi connectivity index (χ1v) is 25.8. The topological polar surface area (TPSA) is 195 Å². The van der Waals surface area contributed by atoms with Gasteiger partial charge in [0.1, 0.15) is 6.10 Å². The monoisotopic (exact) mass is 1070 g/mol. The molecule has 0 amide bonds. The lowest BCUT2D eigenvalue weighted by molar-refractivity contribution is -0.316. The van der Waals surface area contributed by atoms with Crippen molar-refractivity contribution in [2.45, 2.75) is 88.9 Å². The van der Waals surface area contributed by atoms with Gasteiger partial charge in [0.15, 0.2) is 49.2 Å². The zero-order chi connectivity index (χ0) is 55.5. The molecule has 0 N–H and O–H groups in total. The van der Waals surface area contributed by atoms with Crippen molar-refractivity contribution in [1.29, 1.82) is 0 Å². The highest BCUT2D eigenvalue weighted by Gasteiger charge is 2.55. The highest BCUT2D eigenvalue weighted by Crippen LogP contribution is 2.34. The fourth-order valence-corrected chi connectivity index (χ4v) is 8.58. The second-order valence-electron chi connectivity index (χ2n) is 18.8. The second-order valence-corrected chi connectivity index (χ2v) is 18.8. The van der Waals surface area contributed by atoms with Gasteiger partial charge in [-0.3, -0.25) is 0 Å². The Kier molecular flexibility index (Phi) is 20.2. The van der Waals surface area contributed by atoms with E-state index in [0.717, 1.165) is 12.0 Å². The summed E-state index contributed by atoms with van der Waals surface area (Å²) in [6.07, 6.45) is -8.72. The Hall–Kier alpha value is -8.54. The van der Waals surface area contributed by atoms with Gasteiger partial charge >= 0.3 is 35.8 Å². The molecule has 2 aliphatic heterocycles. The number of hydrogen-bond acceptors (Lipinski definition) is 16. The van der Waals surface area contributed by atoms with E-state index < -0.39 is 104 Å². The van der Waals surface area contributed by atoms with E-state index in [2.05, 4.69) is 6.08 Å². The van der Waals surface area contributed by atoms with Crippen LogP contribution in [-0.4, -0.2) is 111 Å². The van der Waals surface area contributed by atoms with Crippen LogP contribution >= 0.6 is 0 Å². The average Bonchev–Trinajstić information content (AvgIpc) is 3.56. The van der Waals surface area contributed by atoms with Crippen LogP contribution < -0.4 is 0 Å². The van der Waals surface area contributed by atoms with Gasteiger partial charge in [0, 0.05) is 0 Å². The molecule has 0 spiro atoms. The molecule has 8 rings (SSSR count). The first kappa shape index (κ1) is 56.7. The fourth-order valence-electron chi connectivity index (χ4n) is 8.58. The van der Waals surface area contributed by atoms with Crippen LogP contribution in [0.25, 0.3) is 0 Å². The summed E-state index contributed by atoms with van der Waals surface area (Å²) < 4.78 is 63.0. The van der Waals surface area contributed by atoms with Crippen molar-refractivity contribution in [3.63, 3.8) is 0 Å². The minimum Gasteiger partial charge on any atom is -0.452 e. The van der Waals surface area contributed by atoms with Crippen LogP contribution in [0.5, 0.6) is 0 Å². The van der Waals surface area contributed by atoms with Crippen LogP contribution in [0, 0.1) is 0 Å². The van der Waals surface area contributed by atoms with Gasteiger partial charge in [0.25, 0.3) is 0 Å². The van der Waals surface area contributed by atoms with Crippen LogP contribution in [-0.2, 0) is 47.4 Å². The van der Waals surface area contributed by atoms with Gasteiger partial charge in [-0.2, -0.15) is 0 Å².